The van der Waals surface area contributed by atoms with Crippen LogP contribution in [0.2, 0.25) is 5.02 Å². The van der Waals surface area contributed by atoms with Crippen molar-refractivity contribution in [2.45, 2.75) is 18.4 Å². The van der Waals surface area contributed by atoms with E-state index in [1.54, 1.807) is 35.2 Å². The van der Waals surface area contributed by atoms with Gasteiger partial charge in [0, 0.05) is 17.8 Å². The first-order valence-corrected chi connectivity index (χ1v) is 11.6. The highest BCUT2D eigenvalue weighted by Gasteiger charge is 2.47. The van der Waals surface area contributed by atoms with Crippen molar-refractivity contribution in [3.05, 3.63) is 81.9 Å². The zero-order chi connectivity index (χ0) is 24.7. The van der Waals surface area contributed by atoms with Crippen LogP contribution < -0.4 is 19.5 Å². The Balaban J connectivity index is 1.65. The van der Waals surface area contributed by atoms with Gasteiger partial charge in [-0.3, -0.25) is 9.59 Å². The molecule has 0 saturated heterocycles. The van der Waals surface area contributed by atoms with Crippen molar-refractivity contribution in [1.82, 2.24) is 4.90 Å². The van der Waals surface area contributed by atoms with Crippen LogP contribution in [0.3, 0.4) is 0 Å². The number of hydrogen-bond acceptors (Lipinski definition) is 5. The second-order valence-electron chi connectivity index (χ2n) is 8.50. The molecule has 7 nitrogen and oxygen atoms in total. The molecule has 0 radical (unpaired) electrons. The van der Waals surface area contributed by atoms with E-state index in [1.165, 1.54) is 21.3 Å². The van der Waals surface area contributed by atoms with Crippen LogP contribution in [0.5, 0.6) is 17.2 Å². The number of fused-ring (bicyclic) bond motifs is 4. The number of methoxy groups -OCH3 is 3. The number of halogens is 1. The van der Waals surface area contributed by atoms with Crippen LogP contribution in [0.25, 0.3) is 0 Å². The van der Waals surface area contributed by atoms with Crippen LogP contribution in [-0.2, 0) is 11.2 Å². The average Bonchev–Trinajstić information content (AvgIpc) is 2.88. The second kappa shape index (κ2) is 9.15. The Morgan fingerprint density at radius 3 is 2.37 bits per heavy atom. The van der Waals surface area contributed by atoms with E-state index in [-0.39, 0.29) is 11.8 Å². The SMILES string of the molecule is COc1ccc(NC(=O)[C@H]2c3cc(OC)c(OC)cc3C(=O)N3CCc4ccccc4[C@H]23)cc1Cl. The van der Waals surface area contributed by atoms with E-state index < -0.39 is 12.0 Å². The summed E-state index contributed by atoms with van der Waals surface area (Å²) in [6, 6.07) is 16.0. The fourth-order valence-electron chi connectivity index (χ4n) is 5.10. The molecule has 0 unspecified atom stereocenters. The van der Waals surface area contributed by atoms with Gasteiger partial charge in [-0.05, 0) is 53.4 Å². The van der Waals surface area contributed by atoms with E-state index in [9.17, 15) is 9.59 Å². The molecule has 3 aromatic carbocycles. The van der Waals surface area contributed by atoms with Crippen LogP contribution in [0.4, 0.5) is 5.69 Å². The van der Waals surface area contributed by atoms with Crippen LogP contribution in [0, 0.1) is 0 Å². The third-order valence-corrected chi connectivity index (χ3v) is 7.03. The smallest absolute Gasteiger partial charge is 0.254 e. The highest BCUT2D eigenvalue weighted by Crippen LogP contribution is 2.48. The quantitative estimate of drug-likeness (QED) is 0.551. The van der Waals surface area contributed by atoms with Gasteiger partial charge in [-0.2, -0.15) is 0 Å². The van der Waals surface area contributed by atoms with E-state index >= 15 is 0 Å². The molecule has 2 heterocycles. The lowest BCUT2D eigenvalue weighted by atomic mass is 9.75. The minimum Gasteiger partial charge on any atom is -0.495 e. The van der Waals surface area contributed by atoms with Gasteiger partial charge >= 0.3 is 0 Å². The molecule has 2 aliphatic rings. The lowest BCUT2D eigenvalue weighted by Crippen LogP contribution is -2.49. The molecule has 0 aliphatic carbocycles. The van der Waals surface area contributed by atoms with Crippen molar-refractivity contribution < 1.29 is 23.8 Å². The molecule has 2 aliphatic heterocycles. The van der Waals surface area contributed by atoms with Gasteiger partial charge < -0.3 is 24.4 Å². The second-order valence-corrected chi connectivity index (χ2v) is 8.91. The molecule has 2 amide bonds. The first-order chi connectivity index (χ1) is 17.0. The zero-order valence-electron chi connectivity index (χ0n) is 19.6. The van der Waals surface area contributed by atoms with Crippen molar-refractivity contribution in [2.24, 2.45) is 0 Å². The van der Waals surface area contributed by atoms with Crippen molar-refractivity contribution in [1.29, 1.82) is 0 Å². The number of carbonyl (C=O) groups is 2. The number of nitrogens with zero attached hydrogens (tertiary/aromatic N) is 1. The van der Waals surface area contributed by atoms with Crippen molar-refractivity contribution in [3.63, 3.8) is 0 Å². The normalized spacial score (nSPS) is 18.2. The fourth-order valence-corrected chi connectivity index (χ4v) is 5.35. The maximum absolute atomic E-state index is 13.9. The summed E-state index contributed by atoms with van der Waals surface area (Å²) in [5.74, 6) is 0.363. The highest BCUT2D eigenvalue weighted by molar-refractivity contribution is 6.32. The summed E-state index contributed by atoms with van der Waals surface area (Å²) < 4.78 is 16.2. The van der Waals surface area contributed by atoms with Gasteiger partial charge in [0.15, 0.2) is 11.5 Å². The van der Waals surface area contributed by atoms with Gasteiger partial charge in [-0.15, -0.1) is 0 Å². The summed E-state index contributed by atoms with van der Waals surface area (Å²) in [6.45, 7) is 0.520. The fraction of sp³-hybridized carbons (Fsp3) is 0.259. The van der Waals surface area contributed by atoms with Crippen LogP contribution in [0.15, 0.2) is 54.6 Å². The Bertz CT molecular complexity index is 1320. The first-order valence-electron chi connectivity index (χ1n) is 11.3. The van der Waals surface area contributed by atoms with E-state index in [0.29, 0.717) is 45.6 Å². The Morgan fingerprint density at radius 2 is 1.66 bits per heavy atom. The summed E-state index contributed by atoms with van der Waals surface area (Å²) in [7, 11) is 4.59. The molecule has 2 atom stereocenters. The molecule has 1 N–H and O–H groups in total. The zero-order valence-corrected chi connectivity index (χ0v) is 20.4. The van der Waals surface area contributed by atoms with Crippen molar-refractivity contribution in [2.75, 3.05) is 33.2 Å². The predicted molar refractivity (Wildman–Crippen MR) is 133 cm³/mol. The monoisotopic (exact) mass is 492 g/mol. The number of ether oxygens (including phenoxy) is 3. The van der Waals surface area contributed by atoms with Gasteiger partial charge in [0.05, 0.1) is 38.3 Å². The lowest BCUT2D eigenvalue weighted by Gasteiger charge is -2.45. The van der Waals surface area contributed by atoms with Gasteiger partial charge in [0.2, 0.25) is 5.91 Å². The standard InChI is InChI=1S/C27H25ClN2O5/c1-33-21-9-8-16(12-20(21)28)29-26(31)24-18-13-22(34-2)23(35-3)14-19(18)27(32)30-11-10-15-6-4-5-7-17(15)25(24)30/h4-9,12-14,24-25H,10-11H2,1-3H3,(H,29,31)/t24-,25+/m0/s1. The first kappa shape index (κ1) is 23.1. The van der Waals surface area contributed by atoms with Crippen molar-refractivity contribution in [3.8, 4) is 17.2 Å². The summed E-state index contributed by atoms with van der Waals surface area (Å²) in [5, 5.41) is 3.39. The third kappa shape index (κ3) is 3.86. The van der Waals surface area contributed by atoms with Crippen LogP contribution in [-0.4, -0.2) is 44.6 Å². The number of carbonyl (C=O) groups excluding carboxylic acids is 2. The molecule has 8 heteroatoms. The molecule has 0 bridgehead atoms. The number of benzene rings is 3. The molecule has 0 spiro atoms. The Labute approximate surface area is 208 Å². The number of anilines is 1. The number of rotatable bonds is 5. The Kier molecular flexibility index (Phi) is 6.03. The molecular weight excluding hydrogens is 468 g/mol. The summed E-state index contributed by atoms with van der Waals surface area (Å²) in [6.07, 6.45) is 0.726. The third-order valence-electron chi connectivity index (χ3n) is 6.73. The lowest BCUT2D eigenvalue weighted by molar-refractivity contribution is -0.119. The maximum Gasteiger partial charge on any atom is 0.254 e. The topological polar surface area (TPSA) is 77.1 Å². The Hall–Kier alpha value is -3.71. The number of nitrogens with one attached hydrogen (secondary N) is 1. The van der Waals surface area contributed by atoms with Gasteiger partial charge in [-0.25, -0.2) is 0 Å². The molecule has 0 fully saturated rings. The molecule has 180 valence electrons. The Morgan fingerprint density at radius 1 is 0.943 bits per heavy atom. The minimum absolute atomic E-state index is 0.128. The van der Waals surface area contributed by atoms with E-state index in [2.05, 4.69) is 11.4 Å². The molecule has 0 saturated carbocycles. The molecule has 5 rings (SSSR count). The van der Waals surface area contributed by atoms with Gasteiger partial charge in [0.1, 0.15) is 5.75 Å². The number of hydrogen-bond donors (Lipinski definition) is 1. The average molecular weight is 493 g/mol. The summed E-state index contributed by atoms with van der Waals surface area (Å²) >= 11 is 6.29. The molecular formula is C27H25ClN2O5. The maximum atomic E-state index is 13.9. The van der Waals surface area contributed by atoms with Crippen LogP contribution in [0.1, 0.15) is 39.0 Å². The number of amides is 2. The highest BCUT2D eigenvalue weighted by atomic mass is 35.5. The van der Waals surface area contributed by atoms with Crippen molar-refractivity contribution >= 4 is 29.1 Å². The molecule has 0 aromatic heterocycles. The van der Waals surface area contributed by atoms with Crippen LogP contribution >= 0.6 is 11.6 Å². The van der Waals surface area contributed by atoms with E-state index in [4.69, 9.17) is 25.8 Å². The molecule has 3 aromatic rings. The van der Waals surface area contributed by atoms with E-state index in [1.807, 2.05) is 18.2 Å². The largest absolute Gasteiger partial charge is 0.495 e. The van der Waals surface area contributed by atoms with E-state index in [0.717, 1.165) is 17.5 Å². The van der Waals surface area contributed by atoms with Gasteiger partial charge in [-0.1, -0.05) is 35.9 Å². The van der Waals surface area contributed by atoms with Gasteiger partial charge in [0.25, 0.3) is 5.91 Å². The summed E-state index contributed by atoms with van der Waals surface area (Å²) in [4.78, 5) is 29.4. The summed E-state index contributed by atoms with van der Waals surface area (Å²) in [5.41, 5.74) is 3.68. The predicted octanol–water partition coefficient (Wildman–Crippen LogP) is 4.84. The molecule has 35 heavy (non-hydrogen) atoms. The minimum atomic E-state index is -0.676.